The molecule has 0 amide bonds. The van der Waals surface area contributed by atoms with Crippen molar-refractivity contribution in [2.45, 2.75) is 18.4 Å². The monoisotopic (exact) mass is 327 g/mol. The van der Waals surface area contributed by atoms with Crippen LogP contribution in [0.25, 0.3) is 0 Å². The van der Waals surface area contributed by atoms with E-state index >= 15 is 0 Å². The van der Waals surface area contributed by atoms with Gasteiger partial charge in [0.05, 0.1) is 13.2 Å². The number of hydrogen-bond acceptors (Lipinski definition) is 5. The molecule has 1 saturated heterocycles. The molecule has 1 heterocycles. The number of benzene rings is 1. The normalized spacial score (nSPS) is 28.6. The van der Waals surface area contributed by atoms with Crippen LogP contribution in [0.4, 0.5) is 0 Å². The Kier molecular flexibility index (Phi) is 4.62. The average Bonchev–Trinajstić information content (AvgIpc) is 3.07. The highest BCUT2D eigenvalue weighted by Crippen LogP contribution is 2.33. The number of carbonyl (C=O) groups excluding carboxylic acids is 1. The molecule has 2 aliphatic rings. The largest absolute Gasteiger partial charge is 0.497 e. The summed E-state index contributed by atoms with van der Waals surface area (Å²) in [7, 11) is 1.58. The van der Waals surface area contributed by atoms with Gasteiger partial charge in [0.25, 0.3) is 0 Å². The van der Waals surface area contributed by atoms with Gasteiger partial charge in [0.2, 0.25) is 0 Å². The summed E-state index contributed by atoms with van der Waals surface area (Å²) in [6, 6.07) is 6.62. The SMILES string of the molecule is COc1ccc(C2NC(C3C=CC=CC3=C=O)C(C(=O)O)O2)cc1. The van der Waals surface area contributed by atoms with E-state index in [2.05, 4.69) is 5.32 Å². The maximum absolute atomic E-state index is 11.6. The molecule has 24 heavy (non-hydrogen) atoms. The van der Waals surface area contributed by atoms with Crippen molar-refractivity contribution in [3.05, 3.63) is 59.7 Å². The van der Waals surface area contributed by atoms with Crippen molar-refractivity contribution in [3.63, 3.8) is 0 Å². The Morgan fingerprint density at radius 3 is 2.67 bits per heavy atom. The van der Waals surface area contributed by atoms with Gasteiger partial charge in [-0.25, -0.2) is 9.59 Å². The zero-order valence-corrected chi connectivity index (χ0v) is 13.0. The van der Waals surface area contributed by atoms with Crippen molar-refractivity contribution in [1.82, 2.24) is 5.32 Å². The van der Waals surface area contributed by atoms with Crippen molar-refractivity contribution in [2.24, 2.45) is 5.92 Å². The summed E-state index contributed by atoms with van der Waals surface area (Å²) in [6.07, 6.45) is 5.29. The lowest BCUT2D eigenvalue weighted by atomic mass is 9.86. The first-order chi connectivity index (χ1) is 11.6. The second kappa shape index (κ2) is 6.84. The van der Waals surface area contributed by atoms with Gasteiger partial charge >= 0.3 is 5.97 Å². The Morgan fingerprint density at radius 2 is 2.04 bits per heavy atom. The van der Waals surface area contributed by atoms with Gasteiger partial charge in [-0.05, 0) is 23.8 Å². The van der Waals surface area contributed by atoms with Gasteiger partial charge in [0.15, 0.2) is 6.10 Å². The molecule has 124 valence electrons. The summed E-state index contributed by atoms with van der Waals surface area (Å²) in [4.78, 5) is 22.7. The average molecular weight is 327 g/mol. The number of carboxylic acids is 1. The molecule has 1 aromatic carbocycles. The predicted octanol–water partition coefficient (Wildman–Crippen LogP) is 1.64. The van der Waals surface area contributed by atoms with Crippen molar-refractivity contribution in [3.8, 4) is 5.75 Å². The van der Waals surface area contributed by atoms with E-state index in [0.29, 0.717) is 11.3 Å². The quantitative estimate of drug-likeness (QED) is 0.818. The molecule has 6 heteroatoms. The molecule has 2 N–H and O–H groups in total. The van der Waals surface area contributed by atoms with Gasteiger partial charge in [-0.3, -0.25) is 5.32 Å². The highest BCUT2D eigenvalue weighted by Gasteiger charge is 2.44. The summed E-state index contributed by atoms with van der Waals surface area (Å²) in [5, 5.41) is 12.7. The maximum atomic E-state index is 11.6. The van der Waals surface area contributed by atoms with E-state index in [-0.39, 0.29) is 0 Å². The molecule has 1 fully saturated rings. The molecule has 4 unspecified atom stereocenters. The van der Waals surface area contributed by atoms with E-state index in [1.165, 1.54) is 0 Å². The van der Waals surface area contributed by atoms with Crippen LogP contribution < -0.4 is 10.1 Å². The van der Waals surface area contributed by atoms with Crippen molar-refractivity contribution < 1.29 is 24.2 Å². The highest BCUT2D eigenvalue weighted by atomic mass is 16.5. The predicted molar refractivity (Wildman–Crippen MR) is 86.1 cm³/mol. The molecule has 4 atom stereocenters. The number of methoxy groups -OCH3 is 1. The number of nitrogens with one attached hydrogen (secondary N) is 1. The molecular formula is C18H17NO5. The fourth-order valence-corrected chi connectivity index (χ4v) is 2.96. The van der Waals surface area contributed by atoms with Crippen LogP contribution in [0.1, 0.15) is 11.8 Å². The van der Waals surface area contributed by atoms with Crippen LogP contribution in [0.5, 0.6) is 5.75 Å². The molecule has 0 bridgehead atoms. The lowest BCUT2D eigenvalue weighted by molar-refractivity contribution is -0.150. The number of carboxylic acid groups (broad SMARTS) is 1. The van der Waals surface area contributed by atoms with Gasteiger partial charge < -0.3 is 14.6 Å². The minimum Gasteiger partial charge on any atom is -0.497 e. The number of carbonyl (C=O) groups is 1. The number of allylic oxidation sites excluding steroid dienone is 3. The Hall–Kier alpha value is -2.66. The second-order valence-corrected chi connectivity index (χ2v) is 5.57. The Labute approximate surface area is 139 Å². The second-order valence-electron chi connectivity index (χ2n) is 5.57. The van der Waals surface area contributed by atoms with Crippen molar-refractivity contribution >= 4 is 11.9 Å². The van der Waals surface area contributed by atoms with Crippen LogP contribution in [-0.4, -0.2) is 36.3 Å². The number of hydrogen-bond donors (Lipinski definition) is 2. The molecule has 6 nitrogen and oxygen atoms in total. The first-order valence-electron chi connectivity index (χ1n) is 7.52. The molecule has 1 aliphatic heterocycles. The van der Waals surface area contributed by atoms with Gasteiger partial charge in [0, 0.05) is 11.5 Å². The first-order valence-corrected chi connectivity index (χ1v) is 7.52. The minimum absolute atomic E-state index is 0.403. The van der Waals surface area contributed by atoms with E-state index in [9.17, 15) is 14.7 Å². The minimum atomic E-state index is -1.07. The van der Waals surface area contributed by atoms with Crippen molar-refractivity contribution in [1.29, 1.82) is 0 Å². The third-order valence-corrected chi connectivity index (χ3v) is 4.18. The van der Waals surface area contributed by atoms with Gasteiger partial charge in [-0.15, -0.1) is 0 Å². The number of rotatable bonds is 4. The Morgan fingerprint density at radius 1 is 1.29 bits per heavy atom. The molecule has 1 aliphatic carbocycles. The fourth-order valence-electron chi connectivity index (χ4n) is 2.96. The maximum Gasteiger partial charge on any atom is 0.334 e. The molecule has 0 radical (unpaired) electrons. The third kappa shape index (κ3) is 3.03. The van der Waals surface area contributed by atoms with E-state index < -0.39 is 30.3 Å². The van der Waals surface area contributed by atoms with Crippen molar-refractivity contribution in [2.75, 3.05) is 7.11 Å². The summed E-state index contributed by atoms with van der Waals surface area (Å²) >= 11 is 0. The third-order valence-electron chi connectivity index (χ3n) is 4.18. The Balaban J connectivity index is 1.86. The van der Waals surface area contributed by atoms with Gasteiger partial charge in [0.1, 0.15) is 17.9 Å². The molecule has 0 saturated carbocycles. The summed E-state index contributed by atoms with van der Waals surface area (Å²) in [5.74, 6) is 1.11. The van der Waals surface area contributed by atoms with Crippen LogP contribution in [0.3, 0.4) is 0 Å². The van der Waals surface area contributed by atoms with E-state index in [1.54, 1.807) is 43.5 Å². The zero-order chi connectivity index (χ0) is 17.1. The summed E-state index contributed by atoms with van der Waals surface area (Å²) < 4.78 is 10.8. The molecule has 0 aromatic heterocycles. The van der Waals surface area contributed by atoms with Gasteiger partial charge in [-0.2, -0.15) is 0 Å². The number of aliphatic carboxylic acids is 1. The molecule has 1 aromatic rings. The van der Waals surface area contributed by atoms with Crippen LogP contribution >= 0.6 is 0 Å². The number of ether oxygens (including phenoxy) is 2. The lowest BCUT2D eigenvalue weighted by Gasteiger charge is -2.23. The topological polar surface area (TPSA) is 84.9 Å². The molecule has 3 rings (SSSR count). The molecule has 0 spiro atoms. The van der Waals surface area contributed by atoms with Crippen LogP contribution in [0, 0.1) is 5.92 Å². The highest BCUT2D eigenvalue weighted by molar-refractivity contribution is 5.74. The van der Waals surface area contributed by atoms with Gasteiger partial charge in [-0.1, -0.05) is 30.4 Å². The Bertz CT molecular complexity index is 730. The zero-order valence-electron chi connectivity index (χ0n) is 13.0. The summed E-state index contributed by atoms with van der Waals surface area (Å²) in [6.45, 7) is 0. The van der Waals surface area contributed by atoms with E-state index in [4.69, 9.17) is 9.47 Å². The first kappa shape index (κ1) is 16.2. The van der Waals surface area contributed by atoms with E-state index in [0.717, 1.165) is 5.56 Å². The fraction of sp³-hybridized carbons (Fsp3) is 0.278. The smallest absolute Gasteiger partial charge is 0.334 e. The summed E-state index contributed by atoms with van der Waals surface area (Å²) in [5.41, 5.74) is 1.19. The van der Waals surface area contributed by atoms with E-state index in [1.807, 2.05) is 18.1 Å². The van der Waals surface area contributed by atoms with Crippen LogP contribution in [0.15, 0.2) is 54.1 Å². The molecular weight excluding hydrogens is 310 g/mol. The lowest BCUT2D eigenvalue weighted by Crippen LogP contribution is -2.42. The standard InChI is InChI=1S/C18H17NO5/c1-23-13-8-6-11(7-9-13)17-19-15(16(24-17)18(21)22)14-5-3-2-4-12(14)10-20/h2-9,14-17,19H,1H3,(H,21,22). The van der Waals surface area contributed by atoms with Crippen LogP contribution in [-0.2, 0) is 14.3 Å². The van der Waals surface area contributed by atoms with Crippen LogP contribution in [0.2, 0.25) is 0 Å².